The molecule has 5 aromatic carbocycles. The highest BCUT2D eigenvalue weighted by Gasteiger charge is 2.25. The Bertz CT molecular complexity index is 1530. The summed E-state index contributed by atoms with van der Waals surface area (Å²) in [6.07, 6.45) is 0.854. The van der Waals surface area contributed by atoms with E-state index in [1.165, 1.54) is 49.5 Å². The molecule has 35 heavy (non-hydrogen) atoms. The van der Waals surface area contributed by atoms with Gasteiger partial charge in [0.2, 0.25) is 0 Å². The van der Waals surface area contributed by atoms with Gasteiger partial charge in [-0.2, -0.15) is 0 Å². The Balaban J connectivity index is 1.46. The molecule has 3 heteroatoms. The zero-order valence-corrected chi connectivity index (χ0v) is 20.0. The van der Waals surface area contributed by atoms with Crippen molar-refractivity contribution in [2.24, 2.45) is 0 Å². The van der Waals surface area contributed by atoms with Gasteiger partial charge >= 0.3 is 0 Å². The Hall–Kier alpha value is -3.95. The number of ether oxygens (including phenoxy) is 1. The zero-order valence-electron chi connectivity index (χ0n) is 20.0. The van der Waals surface area contributed by atoms with Crippen LogP contribution in [-0.4, -0.2) is 18.3 Å². The van der Waals surface area contributed by atoms with E-state index in [-0.39, 0.29) is 0 Å². The summed E-state index contributed by atoms with van der Waals surface area (Å²) in [5, 5.41) is 5.12. The second-order valence-electron chi connectivity index (χ2n) is 9.18. The van der Waals surface area contributed by atoms with Crippen LogP contribution in [0.1, 0.15) is 17.0 Å². The van der Waals surface area contributed by atoms with E-state index in [4.69, 9.17) is 4.74 Å². The molecule has 0 aliphatic carbocycles. The molecule has 0 fully saturated rings. The molecule has 6 aromatic rings. The Kier molecular flexibility index (Phi) is 5.77. The SMILES string of the molecule is COCCc1n(Cc2ccc3ccccc3c2)c2ccccc2[n+]1Cc1ccc2ccccc2c1. The van der Waals surface area contributed by atoms with Gasteiger partial charge in [-0.25, -0.2) is 9.13 Å². The zero-order chi connectivity index (χ0) is 23.6. The van der Waals surface area contributed by atoms with Crippen molar-refractivity contribution in [1.29, 1.82) is 0 Å². The summed E-state index contributed by atoms with van der Waals surface area (Å²) in [6.45, 7) is 2.34. The predicted molar refractivity (Wildman–Crippen MR) is 144 cm³/mol. The van der Waals surface area contributed by atoms with Crippen molar-refractivity contribution in [2.75, 3.05) is 13.7 Å². The first-order valence-corrected chi connectivity index (χ1v) is 12.2. The molecule has 0 aliphatic heterocycles. The average molecular weight is 458 g/mol. The topological polar surface area (TPSA) is 18.0 Å². The van der Waals surface area contributed by atoms with Gasteiger partial charge in [-0.1, -0.05) is 84.9 Å². The molecule has 0 atom stereocenters. The molecule has 6 rings (SSSR count). The molecule has 0 amide bonds. The van der Waals surface area contributed by atoms with E-state index < -0.39 is 0 Å². The standard InChI is InChI=1S/C32H29N2O/c1-35-19-18-32-33(22-24-14-16-26-8-2-4-10-28(26)20-24)30-12-6-7-13-31(30)34(32)23-25-15-17-27-9-3-5-11-29(27)21-25/h2-17,20-21H,18-19,22-23H2,1H3/q+1. The normalized spacial score (nSPS) is 11.6. The van der Waals surface area contributed by atoms with E-state index in [0.29, 0.717) is 6.61 Å². The molecule has 0 unspecified atom stereocenters. The van der Waals surface area contributed by atoms with E-state index in [1.807, 2.05) is 0 Å². The van der Waals surface area contributed by atoms with Crippen molar-refractivity contribution >= 4 is 32.6 Å². The second kappa shape index (κ2) is 9.36. The molecule has 0 N–H and O–H groups in total. The van der Waals surface area contributed by atoms with Crippen molar-refractivity contribution in [1.82, 2.24) is 4.57 Å². The van der Waals surface area contributed by atoms with Crippen LogP contribution >= 0.6 is 0 Å². The number of methoxy groups -OCH3 is 1. The quantitative estimate of drug-likeness (QED) is 0.250. The fraction of sp³-hybridized carbons (Fsp3) is 0.156. The monoisotopic (exact) mass is 457 g/mol. The molecule has 0 aliphatic rings. The summed E-state index contributed by atoms with van der Waals surface area (Å²) in [4.78, 5) is 0. The third-order valence-corrected chi connectivity index (χ3v) is 6.93. The fourth-order valence-corrected chi connectivity index (χ4v) is 5.20. The van der Waals surface area contributed by atoms with E-state index in [2.05, 4.69) is 118 Å². The lowest BCUT2D eigenvalue weighted by Gasteiger charge is -2.08. The summed E-state index contributed by atoms with van der Waals surface area (Å²) in [6, 6.07) is 39.5. The molecular weight excluding hydrogens is 428 g/mol. The van der Waals surface area contributed by atoms with Gasteiger partial charge in [-0.3, -0.25) is 0 Å². The summed E-state index contributed by atoms with van der Waals surface area (Å²) < 4.78 is 10.5. The first-order valence-electron chi connectivity index (χ1n) is 12.2. The van der Waals surface area contributed by atoms with Crippen LogP contribution in [0.25, 0.3) is 32.6 Å². The van der Waals surface area contributed by atoms with Gasteiger partial charge in [0.15, 0.2) is 11.0 Å². The highest BCUT2D eigenvalue weighted by atomic mass is 16.5. The Morgan fingerprint density at radius 3 is 1.97 bits per heavy atom. The van der Waals surface area contributed by atoms with Crippen molar-refractivity contribution in [3.8, 4) is 0 Å². The maximum absolute atomic E-state index is 5.54. The largest absolute Gasteiger partial charge is 0.384 e. The van der Waals surface area contributed by atoms with Gasteiger partial charge in [0.05, 0.1) is 13.0 Å². The smallest absolute Gasteiger partial charge is 0.260 e. The van der Waals surface area contributed by atoms with Crippen LogP contribution in [-0.2, 0) is 24.2 Å². The van der Waals surface area contributed by atoms with Crippen molar-refractivity contribution in [2.45, 2.75) is 19.5 Å². The Morgan fingerprint density at radius 2 is 1.26 bits per heavy atom. The van der Waals surface area contributed by atoms with Crippen molar-refractivity contribution < 1.29 is 9.30 Å². The van der Waals surface area contributed by atoms with Gasteiger partial charge < -0.3 is 4.74 Å². The Labute approximate surface area is 205 Å². The lowest BCUT2D eigenvalue weighted by molar-refractivity contribution is -0.671. The first kappa shape index (κ1) is 21.6. The van der Waals surface area contributed by atoms with Crippen molar-refractivity contribution in [3.05, 3.63) is 126 Å². The van der Waals surface area contributed by atoms with Gasteiger partial charge in [0, 0.05) is 7.11 Å². The maximum Gasteiger partial charge on any atom is 0.260 e. The van der Waals surface area contributed by atoms with E-state index in [9.17, 15) is 0 Å². The predicted octanol–water partition coefficient (Wildman–Crippen LogP) is 6.52. The van der Waals surface area contributed by atoms with Crippen LogP contribution in [0.4, 0.5) is 0 Å². The summed E-state index contributed by atoms with van der Waals surface area (Å²) in [7, 11) is 1.78. The minimum Gasteiger partial charge on any atom is -0.384 e. The number of para-hydroxylation sites is 2. The lowest BCUT2D eigenvalue weighted by atomic mass is 10.1. The van der Waals surface area contributed by atoms with Crippen LogP contribution in [0.3, 0.4) is 0 Å². The van der Waals surface area contributed by atoms with Gasteiger partial charge in [0.1, 0.15) is 13.1 Å². The van der Waals surface area contributed by atoms with Crippen LogP contribution < -0.4 is 4.57 Å². The average Bonchev–Trinajstić information content (AvgIpc) is 3.19. The number of nitrogens with zero attached hydrogens (tertiary/aromatic N) is 2. The number of aromatic nitrogens is 2. The number of fused-ring (bicyclic) bond motifs is 3. The molecular formula is C32H29N2O+. The van der Waals surface area contributed by atoms with Gasteiger partial charge in [0.25, 0.3) is 5.82 Å². The van der Waals surface area contributed by atoms with Crippen LogP contribution in [0, 0.1) is 0 Å². The number of hydrogen-bond acceptors (Lipinski definition) is 1. The van der Waals surface area contributed by atoms with Gasteiger partial charge in [-0.05, 0) is 56.9 Å². The number of hydrogen-bond donors (Lipinski definition) is 0. The molecule has 0 bridgehead atoms. The first-order chi connectivity index (χ1) is 17.3. The number of benzene rings is 5. The van der Waals surface area contributed by atoms with E-state index in [1.54, 1.807) is 7.11 Å². The summed E-state index contributed by atoms with van der Waals surface area (Å²) in [5.41, 5.74) is 5.13. The van der Waals surface area contributed by atoms with Crippen LogP contribution in [0.15, 0.2) is 109 Å². The Morgan fingerprint density at radius 1 is 0.657 bits per heavy atom. The summed E-state index contributed by atoms with van der Waals surface area (Å²) >= 11 is 0. The third-order valence-electron chi connectivity index (χ3n) is 6.93. The number of rotatable bonds is 7. The minimum absolute atomic E-state index is 0.686. The van der Waals surface area contributed by atoms with Crippen molar-refractivity contribution in [3.63, 3.8) is 0 Å². The second-order valence-corrected chi connectivity index (χ2v) is 9.18. The molecule has 3 nitrogen and oxygen atoms in total. The highest BCUT2D eigenvalue weighted by Crippen LogP contribution is 2.22. The van der Waals surface area contributed by atoms with Gasteiger partial charge in [-0.15, -0.1) is 0 Å². The fourth-order valence-electron chi connectivity index (χ4n) is 5.20. The molecule has 0 radical (unpaired) electrons. The maximum atomic E-state index is 5.54. The highest BCUT2D eigenvalue weighted by molar-refractivity contribution is 5.84. The molecule has 0 saturated heterocycles. The van der Waals surface area contributed by atoms with E-state index in [0.717, 1.165) is 19.5 Å². The minimum atomic E-state index is 0.686. The van der Waals surface area contributed by atoms with Crippen LogP contribution in [0.5, 0.6) is 0 Å². The molecule has 1 heterocycles. The van der Waals surface area contributed by atoms with Crippen LogP contribution in [0.2, 0.25) is 0 Å². The third kappa shape index (κ3) is 4.20. The lowest BCUT2D eigenvalue weighted by Crippen LogP contribution is -2.39. The molecule has 0 saturated carbocycles. The van der Waals surface area contributed by atoms with E-state index >= 15 is 0 Å². The number of imidazole rings is 1. The molecule has 1 aromatic heterocycles. The molecule has 172 valence electrons. The molecule has 0 spiro atoms. The summed E-state index contributed by atoms with van der Waals surface area (Å²) in [5.74, 6) is 1.29.